The maximum atomic E-state index is 5.52. The molecule has 0 atom stereocenters. The maximum Gasteiger partial charge on any atom is 0.163 e. The van der Waals surface area contributed by atoms with Crippen molar-refractivity contribution in [2.75, 3.05) is 26.3 Å². The number of fused-ring (bicyclic) bond motifs is 1. The summed E-state index contributed by atoms with van der Waals surface area (Å²) in [6, 6.07) is 5.47. The number of ether oxygens (including phenoxy) is 1. The number of hydrogen-bond acceptors (Lipinski definition) is 3. The van der Waals surface area contributed by atoms with Crippen molar-refractivity contribution in [1.82, 2.24) is 14.1 Å². The molecule has 2 aromatic rings. The van der Waals surface area contributed by atoms with Gasteiger partial charge >= 0.3 is 0 Å². The van der Waals surface area contributed by atoms with E-state index in [0.29, 0.717) is 11.0 Å². The SMILES string of the molecule is CC(C)(C)[Si](C)(C)n1ccc2cc([C@H]3CC[C@H](N4CCOCC4)CC3)cnc21. The van der Waals surface area contributed by atoms with Crippen LogP contribution >= 0.6 is 0 Å². The molecule has 4 nitrogen and oxygen atoms in total. The van der Waals surface area contributed by atoms with Crippen molar-refractivity contribution in [3.05, 3.63) is 30.1 Å². The lowest BCUT2D eigenvalue weighted by atomic mass is 9.81. The van der Waals surface area contributed by atoms with Crippen molar-refractivity contribution in [2.45, 2.75) is 76.5 Å². The van der Waals surface area contributed by atoms with Gasteiger partial charge < -0.3 is 8.97 Å². The zero-order valence-corrected chi connectivity index (χ0v) is 19.4. The van der Waals surface area contributed by atoms with Crippen molar-refractivity contribution < 1.29 is 4.74 Å². The number of hydrogen-bond donors (Lipinski definition) is 0. The third kappa shape index (κ3) is 3.69. The summed E-state index contributed by atoms with van der Waals surface area (Å²) in [7, 11) is -1.64. The molecule has 3 heterocycles. The minimum absolute atomic E-state index is 0.303. The highest BCUT2D eigenvalue weighted by atomic mass is 28.3. The summed E-state index contributed by atoms with van der Waals surface area (Å²) < 4.78 is 8.02. The van der Waals surface area contributed by atoms with Crippen LogP contribution in [0.2, 0.25) is 18.1 Å². The Balaban J connectivity index is 1.49. The first kappa shape index (κ1) is 20.1. The smallest absolute Gasteiger partial charge is 0.163 e. The Hall–Kier alpha value is -1.17. The van der Waals surface area contributed by atoms with E-state index in [-0.39, 0.29) is 0 Å². The molecule has 1 saturated heterocycles. The highest BCUT2D eigenvalue weighted by Gasteiger charge is 2.38. The molecule has 0 radical (unpaired) electrons. The number of pyridine rings is 1. The van der Waals surface area contributed by atoms with Crippen LogP contribution in [-0.4, -0.2) is 54.7 Å². The van der Waals surface area contributed by atoms with Crippen LogP contribution < -0.4 is 0 Å². The highest BCUT2D eigenvalue weighted by molar-refractivity contribution is 6.79. The molecule has 0 N–H and O–H groups in total. The normalized spacial score (nSPS) is 25.3. The van der Waals surface area contributed by atoms with Crippen LogP contribution in [0.25, 0.3) is 11.0 Å². The second-order valence-electron chi connectivity index (χ2n) is 10.3. The molecule has 0 unspecified atom stereocenters. The van der Waals surface area contributed by atoms with Gasteiger partial charge in [0.2, 0.25) is 0 Å². The molecule has 0 amide bonds. The molecule has 1 saturated carbocycles. The van der Waals surface area contributed by atoms with Gasteiger partial charge in [-0.05, 0) is 60.5 Å². The van der Waals surface area contributed by atoms with Crippen LogP contribution in [0.1, 0.15) is 57.9 Å². The maximum absolute atomic E-state index is 5.52. The third-order valence-electron chi connectivity index (χ3n) is 7.72. The van der Waals surface area contributed by atoms with Gasteiger partial charge in [-0.15, -0.1) is 0 Å². The Labute approximate surface area is 171 Å². The average Bonchev–Trinajstić information content (AvgIpc) is 3.12. The first-order chi connectivity index (χ1) is 13.3. The standard InChI is InChI=1S/C23H37N3OSi/c1-23(2,3)28(4,5)26-11-10-19-16-20(17-24-22(19)26)18-6-8-21(9-7-18)25-12-14-27-15-13-25/h10-11,16-18,21H,6-9,12-15H2,1-5H3/t18-,21-. The summed E-state index contributed by atoms with van der Waals surface area (Å²) >= 11 is 0. The summed E-state index contributed by atoms with van der Waals surface area (Å²) in [5.41, 5.74) is 2.62. The van der Waals surface area contributed by atoms with Gasteiger partial charge in [-0.1, -0.05) is 33.9 Å². The predicted molar refractivity (Wildman–Crippen MR) is 120 cm³/mol. The summed E-state index contributed by atoms with van der Waals surface area (Å²) in [5, 5.41) is 1.62. The fraction of sp³-hybridized carbons (Fsp3) is 0.696. The minimum Gasteiger partial charge on any atom is -0.379 e. The molecule has 2 aliphatic rings. The average molecular weight is 400 g/mol. The van der Waals surface area contributed by atoms with E-state index in [1.54, 1.807) is 0 Å². The lowest BCUT2D eigenvalue weighted by molar-refractivity contribution is 0.00729. The van der Waals surface area contributed by atoms with Crippen LogP contribution in [0.15, 0.2) is 24.5 Å². The van der Waals surface area contributed by atoms with Crippen LogP contribution in [0, 0.1) is 0 Å². The fourth-order valence-electron chi connectivity index (χ4n) is 4.79. The Morgan fingerprint density at radius 1 is 1.07 bits per heavy atom. The van der Waals surface area contributed by atoms with E-state index in [4.69, 9.17) is 9.72 Å². The minimum atomic E-state index is -1.64. The lowest BCUT2D eigenvalue weighted by Gasteiger charge is -2.39. The second kappa shape index (κ2) is 7.58. The number of rotatable bonds is 3. The molecule has 154 valence electrons. The first-order valence-corrected chi connectivity index (χ1v) is 14.0. The van der Waals surface area contributed by atoms with Gasteiger partial charge in [0.15, 0.2) is 8.24 Å². The van der Waals surface area contributed by atoms with Crippen LogP contribution in [0.5, 0.6) is 0 Å². The highest BCUT2D eigenvalue weighted by Crippen LogP contribution is 2.40. The van der Waals surface area contributed by atoms with Crippen molar-refractivity contribution >= 4 is 19.3 Å². The third-order valence-corrected chi connectivity index (χ3v) is 13.0. The molecular formula is C23H37N3OSi. The largest absolute Gasteiger partial charge is 0.379 e. The molecular weight excluding hydrogens is 362 g/mol. The zero-order valence-electron chi connectivity index (χ0n) is 18.4. The van der Waals surface area contributed by atoms with Crippen LogP contribution in [0.3, 0.4) is 0 Å². The molecule has 0 bridgehead atoms. The predicted octanol–water partition coefficient (Wildman–Crippen LogP) is 5.25. The van der Waals surface area contributed by atoms with Crippen LogP contribution in [0.4, 0.5) is 0 Å². The monoisotopic (exact) mass is 399 g/mol. The van der Waals surface area contributed by atoms with Gasteiger partial charge in [0.05, 0.1) is 13.2 Å². The van der Waals surface area contributed by atoms with Crippen molar-refractivity contribution in [1.29, 1.82) is 0 Å². The fourth-order valence-corrected chi connectivity index (χ4v) is 6.68. The molecule has 4 rings (SSSR count). The quantitative estimate of drug-likeness (QED) is 0.661. The number of nitrogens with zero attached hydrogens (tertiary/aromatic N) is 3. The molecule has 5 heteroatoms. The molecule has 1 aliphatic carbocycles. The summed E-state index contributed by atoms with van der Waals surface area (Å²) in [4.78, 5) is 7.63. The van der Waals surface area contributed by atoms with E-state index in [9.17, 15) is 0 Å². The van der Waals surface area contributed by atoms with Gasteiger partial charge in [-0.25, -0.2) is 4.98 Å². The molecule has 0 spiro atoms. The Bertz CT molecular complexity index is 809. The Morgan fingerprint density at radius 2 is 1.75 bits per heavy atom. The summed E-state index contributed by atoms with van der Waals surface area (Å²) in [6.07, 6.45) is 9.66. The first-order valence-electron chi connectivity index (χ1n) is 11.1. The lowest BCUT2D eigenvalue weighted by Crippen LogP contribution is -2.45. The van der Waals surface area contributed by atoms with Gasteiger partial charge in [0.25, 0.3) is 0 Å². The van der Waals surface area contributed by atoms with Gasteiger partial charge in [-0.2, -0.15) is 0 Å². The number of morpholine rings is 1. The summed E-state index contributed by atoms with van der Waals surface area (Å²) in [5.74, 6) is 0.672. The van der Waals surface area contributed by atoms with E-state index >= 15 is 0 Å². The van der Waals surface area contributed by atoms with Gasteiger partial charge in [0, 0.05) is 30.7 Å². The van der Waals surface area contributed by atoms with Gasteiger partial charge in [0.1, 0.15) is 5.65 Å². The molecule has 1 aliphatic heterocycles. The molecule has 2 aromatic heterocycles. The van der Waals surface area contributed by atoms with E-state index in [2.05, 4.69) is 67.5 Å². The molecule has 0 aromatic carbocycles. The summed E-state index contributed by atoms with van der Waals surface area (Å²) in [6.45, 7) is 16.1. The Kier molecular flexibility index (Phi) is 5.45. The molecule has 2 fully saturated rings. The topological polar surface area (TPSA) is 30.3 Å². The van der Waals surface area contributed by atoms with E-state index < -0.39 is 8.24 Å². The Morgan fingerprint density at radius 3 is 2.39 bits per heavy atom. The van der Waals surface area contributed by atoms with Gasteiger partial charge in [-0.3, -0.25) is 4.90 Å². The van der Waals surface area contributed by atoms with Crippen molar-refractivity contribution in [3.63, 3.8) is 0 Å². The molecule has 28 heavy (non-hydrogen) atoms. The van der Waals surface area contributed by atoms with E-state index in [1.165, 1.54) is 42.3 Å². The number of aromatic nitrogens is 2. The van der Waals surface area contributed by atoms with E-state index in [1.807, 2.05) is 0 Å². The zero-order chi connectivity index (χ0) is 19.9. The second-order valence-corrected chi connectivity index (χ2v) is 15.4. The van der Waals surface area contributed by atoms with E-state index in [0.717, 1.165) is 32.3 Å². The van der Waals surface area contributed by atoms with Crippen molar-refractivity contribution in [3.8, 4) is 0 Å². The van der Waals surface area contributed by atoms with Crippen molar-refractivity contribution in [2.24, 2.45) is 0 Å². The van der Waals surface area contributed by atoms with Crippen LogP contribution in [-0.2, 0) is 4.74 Å².